The number of carbonyl (C=O) groups is 2. The predicted molar refractivity (Wildman–Crippen MR) is 65.3 cm³/mol. The highest BCUT2D eigenvalue weighted by atomic mass is 16.5. The van der Waals surface area contributed by atoms with Crippen molar-refractivity contribution < 1.29 is 19.1 Å². The van der Waals surface area contributed by atoms with E-state index in [1.54, 1.807) is 0 Å². The van der Waals surface area contributed by atoms with Crippen LogP contribution in [-0.4, -0.2) is 25.2 Å². The molecule has 17 heavy (non-hydrogen) atoms. The van der Waals surface area contributed by atoms with Crippen molar-refractivity contribution in [2.24, 2.45) is 5.92 Å². The second kappa shape index (κ2) is 8.56. The van der Waals surface area contributed by atoms with E-state index in [2.05, 4.69) is 6.58 Å². The minimum atomic E-state index is -0.548. The van der Waals surface area contributed by atoms with Gasteiger partial charge >= 0.3 is 11.9 Å². The van der Waals surface area contributed by atoms with Crippen molar-refractivity contribution in [2.75, 3.05) is 13.2 Å². The standard InChI is InChI=1S/C13H20O4/c1-10(2)7-8-16-12(14)5-6-13(15)17-9-11(3)4/h5-6,11H,1,7-9H2,2-4H3/b6-5+. The van der Waals surface area contributed by atoms with E-state index < -0.39 is 11.9 Å². The largest absolute Gasteiger partial charge is 0.462 e. The second-order valence-electron chi connectivity index (χ2n) is 4.23. The highest BCUT2D eigenvalue weighted by Crippen LogP contribution is 1.97. The van der Waals surface area contributed by atoms with Gasteiger partial charge in [-0.15, -0.1) is 6.58 Å². The van der Waals surface area contributed by atoms with Crippen LogP contribution in [0, 0.1) is 5.92 Å². The van der Waals surface area contributed by atoms with Crippen molar-refractivity contribution in [3.63, 3.8) is 0 Å². The summed E-state index contributed by atoms with van der Waals surface area (Å²) in [6, 6.07) is 0. The van der Waals surface area contributed by atoms with Crippen LogP contribution in [0.2, 0.25) is 0 Å². The van der Waals surface area contributed by atoms with Gasteiger partial charge in [-0.05, 0) is 12.8 Å². The molecule has 0 spiro atoms. The van der Waals surface area contributed by atoms with Gasteiger partial charge in [-0.3, -0.25) is 0 Å². The molecule has 0 saturated heterocycles. The summed E-state index contributed by atoms with van der Waals surface area (Å²) in [5.74, 6) is -0.807. The van der Waals surface area contributed by atoms with E-state index in [9.17, 15) is 9.59 Å². The Hall–Kier alpha value is -1.58. The van der Waals surface area contributed by atoms with Crippen molar-refractivity contribution in [1.82, 2.24) is 0 Å². The molecule has 0 aliphatic carbocycles. The molecule has 0 heterocycles. The van der Waals surface area contributed by atoms with Crippen LogP contribution < -0.4 is 0 Å². The molecule has 4 heteroatoms. The van der Waals surface area contributed by atoms with E-state index in [0.717, 1.165) is 17.7 Å². The molecule has 0 aromatic heterocycles. The molecule has 0 N–H and O–H groups in total. The fourth-order valence-corrected chi connectivity index (χ4v) is 0.807. The fraction of sp³-hybridized carbons (Fsp3) is 0.538. The minimum Gasteiger partial charge on any atom is -0.462 e. The third kappa shape index (κ3) is 10.7. The molecule has 0 saturated carbocycles. The van der Waals surface area contributed by atoms with Crippen molar-refractivity contribution in [3.8, 4) is 0 Å². The molecular formula is C13H20O4. The summed E-state index contributed by atoms with van der Waals surface area (Å²) >= 11 is 0. The number of ether oxygens (including phenoxy) is 2. The van der Waals surface area contributed by atoms with Gasteiger partial charge in [0.1, 0.15) is 0 Å². The molecule has 0 amide bonds. The van der Waals surface area contributed by atoms with Crippen molar-refractivity contribution >= 4 is 11.9 Å². The second-order valence-corrected chi connectivity index (χ2v) is 4.23. The van der Waals surface area contributed by atoms with E-state index >= 15 is 0 Å². The maximum atomic E-state index is 11.1. The number of hydrogen-bond donors (Lipinski definition) is 0. The lowest BCUT2D eigenvalue weighted by atomic mass is 10.2. The van der Waals surface area contributed by atoms with Gasteiger partial charge in [-0.2, -0.15) is 0 Å². The van der Waals surface area contributed by atoms with E-state index in [4.69, 9.17) is 9.47 Å². The normalized spacial score (nSPS) is 10.6. The average Bonchev–Trinajstić information content (AvgIpc) is 2.23. The maximum Gasteiger partial charge on any atom is 0.331 e. The molecule has 0 atom stereocenters. The molecule has 0 bridgehead atoms. The van der Waals surface area contributed by atoms with Crippen LogP contribution in [-0.2, 0) is 19.1 Å². The predicted octanol–water partition coefficient (Wildman–Crippen LogP) is 2.25. The summed E-state index contributed by atoms with van der Waals surface area (Å²) < 4.78 is 9.68. The zero-order chi connectivity index (χ0) is 13.3. The fourth-order valence-electron chi connectivity index (χ4n) is 0.807. The van der Waals surface area contributed by atoms with Crippen LogP contribution in [0.4, 0.5) is 0 Å². The van der Waals surface area contributed by atoms with Crippen molar-refractivity contribution in [3.05, 3.63) is 24.3 Å². The monoisotopic (exact) mass is 240 g/mol. The molecule has 4 nitrogen and oxygen atoms in total. The first-order valence-electron chi connectivity index (χ1n) is 5.57. The van der Waals surface area contributed by atoms with E-state index in [-0.39, 0.29) is 12.5 Å². The first kappa shape index (κ1) is 15.4. The van der Waals surface area contributed by atoms with Gasteiger partial charge in [0.05, 0.1) is 13.2 Å². The number of carbonyl (C=O) groups excluding carboxylic acids is 2. The molecule has 0 aliphatic heterocycles. The van der Waals surface area contributed by atoms with E-state index in [1.807, 2.05) is 20.8 Å². The summed E-state index contributed by atoms with van der Waals surface area (Å²) in [5, 5.41) is 0. The summed E-state index contributed by atoms with van der Waals surface area (Å²) in [6.45, 7) is 10.0. The molecule has 96 valence electrons. The van der Waals surface area contributed by atoms with Gasteiger partial charge in [0.25, 0.3) is 0 Å². The van der Waals surface area contributed by atoms with Crippen LogP contribution in [0.3, 0.4) is 0 Å². The van der Waals surface area contributed by atoms with Gasteiger partial charge in [0.2, 0.25) is 0 Å². The van der Waals surface area contributed by atoms with E-state index in [1.165, 1.54) is 0 Å². The van der Waals surface area contributed by atoms with Gasteiger partial charge in [-0.1, -0.05) is 19.4 Å². The minimum absolute atomic E-state index is 0.273. The Morgan fingerprint density at radius 3 is 2.18 bits per heavy atom. The topological polar surface area (TPSA) is 52.6 Å². The molecule has 0 fully saturated rings. The molecule has 0 rings (SSSR count). The Kier molecular flexibility index (Phi) is 7.76. The van der Waals surface area contributed by atoms with Gasteiger partial charge in [-0.25, -0.2) is 9.59 Å². The first-order valence-corrected chi connectivity index (χ1v) is 5.57. The molecule has 0 aromatic carbocycles. The highest BCUT2D eigenvalue weighted by molar-refractivity contribution is 5.91. The Balaban J connectivity index is 3.78. The van der Waals surface area contributed by atoms with Crippen LogP contribution in [0.15, 0.2) is 24.3 Å². The Morgan fingerprint density at radius 1 is 1.18 bits per heavy atom. The Morgan fingerprint density at radius 2 is 1.71 bits per heavy atom. The van der Waals surface area contributed by atoms with Gasteiger partial charge in [0, 0.05) is 18.6 Å². The SMILES string of the molecule is C=C(C)CCOC(=O)/C=C/C(=O)OCC(C)C. The summed E-state index contributed by atoms with van der Waals surface area (Å²) in [4.78, 5) is 22.2. The smallest absolute Gasteiger partial charge is 0.331 e. The van der Waals surface area contributed by atoms with Crippen molar-refractivity contribution in [1.29, 1.82) is 0 Å². The zero-order valence-electron chi connectivity index (χ0n) is 10.7. The number of hydrogen-bond acceptors (Lipinski definition) is 4. The number of esters is 2. The average molecular weight is 240 g/mol. The maximum absolute atomic E-state index is 11.1. The molecule has 0 aliphatic rings. The quantitative estimate of drug-likeness (QED) is 0.389. The van der Waals surface area contributed by atoms with Crippen LogP contribution >= 0.6 is 0 Å². The van der Waals surface area contributed by atoms with Crippen molar-refractivity contribution in [2.45, 2.75) is 27.2 Å². The summed E-state index contributed by atoms with van der Waals surface area (Å²) in [7, 11) is 0. The number of rotatable bonds is 7. The highest BCUT2D eigenvalue weighted by Gasteiger charge is 2.02. The lowest BCUT2D eigenvalue weighted by Gasteiger charge is -2.04. The third-order valence-corrected chi connectivity index (χ3v) is 1.69. The molecule has 0 unspecified atom stereocenters. The zero-order valence-corrected chi connectivity index (χ0v) is 10.7. The first-order chi connectivity index (χ1) is 7.91. The lowest BCUT2D eigenvalue weighted by Crippen LogP contribution is -2.08. The Labute approximate surface area is 102 Å². The third-order valence-electron chi connectivity index (χ3n) is 1.69. The van der Waals surface area contributed by atoms with Crippen LogP contribution in [0.1, 0.15) is 27.2 Å². The molecule has 0 radical (unpaired) electrons. The van der Waals surface area contributed by atoms with Gasteiger partial charge < -0.3 is 9.47 Å². The van der Waals surface area contributed by atoms with E-state index in [0.29, 0.717) is 13.0 Å². The summed E-state index contributed by atoms with van der Waals surface area (Å²) in [6.07, 6.45) is 2.77. The molecular weight excluding hydrogens is 220 g/mol. The summed E-state index contributed by atoms with van der Waals surface area (Å²) in [5.41, 5.74) is 0.943. The van der Waals surface area contributed by atoms with Crippen LogP contribution in [0.25, 0.3) is 0 Å². The van der Waals surface area contributed by atoms with Crippen LogP contribution in [0.5, 0.6) is 0 Å². The van der Waals surface area contributed by atoms with Gasteiger partial charge in [0.15, 0.2) is 0 Å². The Bertz CT molecular complexity index is 303. The lowest BCUT2D eigenvalue weighted by molar-refractivity contribution is -0.141. The molecule has 0 aromatic rings.